The number of aryl methyl sites for hydroxylation is 1. The molecule has 134 valence electrons. The second-order valence-corrected chi connectivity index (χ2v) is 6.71. The lowest BCUT2D eigenvalue weighted by molar-refractivity contribution is 0.407. The number of benzene rings is 2. The number of methoxy groups -OCH3 is 1. The zero-order valence-corrected chi connectivity index (χ0v) is 16.0. The Hall–Kier alpha value is -2.86. The van der Waals surface area contributed by atoms with Gasteiger partial charge >= 0.3 is 0 Å². The normalized spacial score (nSPS) is 12.5. The molecule has 1 N–H and O–H groups in total. The molecular weight excluding hydrogens is 346 g/mol. The second kappa shape index (κ2) is 7.58. The molecule has 1 heterocycles. The standard InChI is InChI=1S/C20H21N3O2S/c1-13-5-7-15(8-6-13)18-12-26-20(21-3)23(18)22-14(2)17-10-9-16(25-4)11-19(17)24/h5-12,24H,1-4H3. The topological polar surface area (TPSA) is 59.1 Å². The molecule has 0 spiro atoms. The van der Waals surface area contributed by atoms with Gasteiger partial charge in [-0.3, -0.25) is 4.99 Å². The van der Waals surface area contributed by atoms with Gasteiger partial charge in [-0.2, -0.15) is 5.10 Å². The Balaban J connectivity index is 2.10. The van der Waals surface area contributed by atoms with Gasteiger partial charge in [-0.1, -0.05) is 29.8 Å². The first-order valence-electron chi connectivity index (χ1n) is 8.17. The average Bonchev–Trinajstić information content (AvgIpc) is 3.04. The number of aromatic nitrogens is 1. The van der Waals surface area contributed by atoms with Gasteiger partial charge < -0.3 is 9.84 Å². The molecule has 0 aliphatic heterocycles. The van der Waals surface area contributed by atoms with Gasteiger partial charge in [0.15, 0.2) is 0 Å². The summed E-state index contributed by atoms with van der Waals surface area (Å²) in [4.78, 5) is 5.11. The molecule has 0 aliphatic carbocycles. The first-order valence-corrected chi connectivity index (χ1v) is 9.05. The van der Waals surface area contributed by atoms with Gasteiger partial charge in [0.2, 0.25) is 4.80 Å². The van der Waals surface area contributed by atoms with Crippen molar-refractivity contribution in [3.63, 3.8) is 0 Å². The van der Waals surface area contributed by atoms with Crippen molar-refractivity contribution < 1.29 is 9.84 Å². The third kappa shape index (κ3) is 3.55. The van der Waals surface area contributed by atoms with E-state index in [1.54, 1.807) is 32.4 Å². The highest BCUT2D eigenvalue weighted by molar-refractivity contribution is 7.07. The lowest BCUT2D eigenvalue weighted by Gasteiger charge is -2.09. The second-order valence-electron chi connectivity index (χ2n) is 5.87. The number of phenols is 1. The van der Waals surface area contributed by atoms with Crippen LogP contribution in [0.5, 0.6) is 11.5 Å². The maximum atomic E-state index is 10.3. The van der Waals surface area contributed by atoms with Gasteiger partial charge in [0.25, 0.3) is 0 Å². The Morgan fingerprint density at radius 2 is 1.88 bits per heavy atom. The summed E-state index contributed by atoms with van der Waals surface area (Å²) in [5, 5.41) is 17.0. The van der Waals surface area contributed by atoms with Crippen LogP contribution in [0.15, 0.2) is 57.9 Å². The molecule has 3 rings (SSSR count). The van der Waals surface area contributed by atoms with Crippen LogP contribution in [0.25, 0.3) is 11.3 Å². The minimum atomic E-state index is 0.133. The predicted molar refractivity (Wildman–Crippen MR) is 106 cm³/mol. The fourth-order valence-corrected chi connectivity index (χ4v) is 3.42. The predicted octanol–water partition coefficient (Wildman–Crippen LogP) is 4.04. The van der Waals surface area contributed by atoms with Crippen LogP contribution in [0.2, 0.25) is 0 Å². The molecule has 0 fully saturated rings. The fourth-order valence-electron chi connectivity index (χ4n) is 2.62. The molecule has 0 amide bonds. The number of thiazole rings is 1. The summed E-state index contributed by atoms with van der Waals surface area (Å²) in [6.07, 6.45) is 0. The summed E-state index contributed by atoms with van der Waals surface area (Å²) in [7, 11) is 3.32. The van der Waals surface area contributed by atoms with Crippen molar-refractivity contribution in [2.45, 2.75) is 13.8 Å². The maximum absolute atomic E-state index is 10.3. The minimum absolute atomic E-state index is 0.133. The lowest BCUT2D eigenvalue weighted by Crippen LogP contribution is -2.13. The van der Waals surface area contributed by atoms with E-state index in [1.165, 1.54) is 16.9 Å². The molecule has 0 bridgehead atoms. The number of phenolic OH excluding ortho intramolecular Hbond substituents is 1. The Morgan fingerprint density at radius 1 is 1.15 bits per heavy atom. The van der Waals surface area contributed by atoms with Crippen LogP contribution in [-0.4, -0.2) is 29.7 Å². The van der Waals surface area contributed by atoms with E-state index in [9.17, 15) is 5.11 Å². The molecule has 26 heavy (non-hydrogen) atoms. The summed E-state index contributed by atoms with van der Waals surface area (Å²) >= 11 is 1.53. The van der Waals surface area contributed by atoms with E-state index in [-0.39, 0.29) is 5.75 Å². The van der Waals surface area contributed by atoms with Crippen LogP contribution < -0.4 is 9.54 Å². The molecule has 3 aromatic rings. The molecule has 1 aromatic heterocycles. The Bertz CT molecular complexity index is 1010. The molecule has 0 radical (unpaired) electrons. The summed E-state index contributed by atoms with van der Waals surface area (Å²) in [6.45, 7) is 3.93. The first-order chi connectivity index (χ1) is 12.5. The highest BCUT2D eigenvalue weighted by atomic mass is 32.1. The highest BCUT2D eigenvalue weighted by Gasteiger charge is 2.11. The highest BCUT2D eigenvalue weighted by Crippen LogP contribution is 2.25. The summed E-state index contributed by atoms with van der Waals surface area (Å²) in [5.74, 6) is 0.736. The van der Waals surface area contributed by atoms with Crippen LogP contribution in [0.1, 0.15) is 18.1 Å². The monoisotopic (exact) mass is 367 g/mol. The minimum Gasteiger partial charge on any atom is -0.507 e. The van der Waals surface area contributed by atoms with Crippen molar-refractivity contribution in [3.05, 3.63) is 63.8 Å². The molecule has 0 aliphatic rings. The first kappa shape index (κ1) is 17.9. The van der Waals surface area contributed by atoms with Crippen molar-refractivity contribution in [1.29, 1.82) is 0 Å². The largest absolute Gasteiger partial charge is 0.507 e. The zero-order valence-electron chi connectivity index (χ0n) is 15.2. The van der Waals surface area contributed by atoms with Crippen LogP contribution in [0.4, 0.5) is 0 Å². The van der Waals surface area contributed by atoms with E-state index in [2.05, 4.69) is 36.2 Å². The smallest absolute Gasteiger partial charge is 0.205 e. The van der Waals surface area contributed by atoms with Crippen molar-refractivity contribution in [1.82, 2.24) is 4.68 Å². The number of hydrogen-bond acceptors (Lipinski definition) is 5. The Morgan fingerprint density at radius 3 is 2.50 bits per heavy atom. The molecule has 0 atom stereocenters. The molecule has 0 saturated carbocycles. The summed E-state index contributed by atoms with van der Waals surface area (Å²) in [5.41, 5.74) is 4.58. The number of rotatable bonds is 4. The van der Waals surface area contributed by atoms with Crippen molar-refractivity contribution in [2.24, 2.45) is 10.1 Å². The third-order valence-corrected chi connectivity index (χ3v) is 4.98. The van der Waals surface area contributed by atoms with Gasteiger partial charge in [0.05, 0.1) is 18.5 Å². The average molecular weight is 367 g/mol. The SMILES string of the molecule is CN=c1scc(-c2ccc(C)cc2)n1N=C(C)c1ccc(OC)cc1O. The Labute approximate surface area is 156 Å². The van der Waals surface area contributed by atoms with Gasteiger partial charge in [-0.25, -0.2) is 4.68 Å². The number of ether oxygens (including phenoxy) is 1. The Kier molecular flexibility index (Phi) is 5.23. The summed E-state index contributed by atoms with van der Waals surface area (Å²) in [6, 6.07) is 13.5. The van der Waals surface area contributed by atoms with Crippen LogP contribution in [0.3, 0.4) is 0 Å². The fraction of sp³-hybridized carbons (Fsp3) is 0.200. The van der Waals surface area contributed by atoms with Gasteiger partial charge in [-0.05, 0) is 26.0 Å². The van der Waals surface area contributed by atoms with E-state index in [1.807, 2.05) is 17.0 Å². The van der Waals surface area contributed by atoms with E-state index in [4.69, 9.17) is 9.84 Å². The third-order valence-electron chi connectivity index (χ3n) is 4.07. The van der Waals surface area contributed by atoms with E-state index >= 15 is 0 Å². The van der Waals surface area contributed by atoms with E-state index in [0.29, 0.717) is 17.0 Å². The molecule has 0 unspecified atom stereocenters. The van der Waals surface area contributed by atoms with Crippen LogP contribution in [0, 0.1) is 6.92 Å². The molecule has 0 saturated heterocycles. The van der Waals surface area contributed by atoms with Gasteiger partial charge in [0.1, 0.15) is 11.5 Å². The molecular formula is C20H21N3O2S. The zero-order chi connectivity index (χ0) is 18.7. The molecule has 2 aromatic carbocycles. The van der Waals surface area contributed by atoms with Crippen molar-refractivity contribution in [2.75, 3.05) is 14.2 Å². The maximum Gasteiger partial charge on any atom is 0.205 e. The van der Waals surface area contributed by atoms with Gasteiger partial charge in [0, 0.05) is 29.6 Å². The van der Waals surface area contributed by atoms with E-state index in [0.717, 1.165) is 16.1 Å². The van der Waals surface area contributed by atoms with E-state index < -0.39 is 0 Å². The van der Waals surface area contributed by atoms with Gasteiger partial charge in [-0.15, -0.1) is 11.3 Å². The number of nitrogens with zero attached hydrogens (tertiary/aromatic N) is 3. The molecule has 6 heteroatoms. The quantitative estimate of drug-likeness (QED) is 0.708. The van der Waals surface area contributed by atoms with Crippen LogP contribution in [-0.2, 0) is 0 Å². The summed E-state index contributed by atoms with van der Waals surface area (Å²) < 4.78 is 6.95. The lowest BCUT2D eigenvalue weighted by atomic mass is 10.1. The molecule has 5 nitrogen and oxygen atoms in total. The number of hydrogen-bond donors (Lipinski definition) is 1. The van der Waals surface area contributed by atoms with Crippen molar-refractivity contribution in [3.8, 4) is 22.8 Å². The van der Waals surface area contributed by atoms with Crippen molar-refractivity contribution >= 4 is 17.0 Å². The number of aromatic hydroxyl groups is 1. The van der Waals surface area contributed by atoms with Crippen LogP contribution >= 0.6 is 11.3 Å².